The van der Waals surface area contributed by atoms with Crippen molar-refractivity contribution in [2.24, 2.45) is 0 Å². The summed E-state index contributed by atoms with van der Waals surface area (Å²) in [5.41, 5.74) is 1.88. The molecule has 1 saturated heterocycles. The molecule has 0 spiro atoms. The van der Waals surface area contributed by atoms with Crippen molar-refractivity contribution in [2.75, 3.05) is 26.2 Å². The average Bonchev–Trinajstić information content (AvgIpc) is 3.19. The Balaban J connectivity index is 1.40. The molecule has 1 atom stereocenters. The number of rotatable bonds is 8. The van der Waals surface area contributed by atoms with Crippen molar-refractivity contribution >= 4 is 5.91 Å². The highest BCUT2D eigenvalue weighted by atomic mass is 16.3. The first-order valence-electron chi connectivity index (χ1n) is 9.59. The van der Waals surface area contributed by atoms with E-state index in [2.05, 4.69) is 14.8 Å². The van der Waals surface area contributed by atoms with Crippen LogP contribution in [0.5, 0.6) is 0 Å². The van der Waals surface area contributed by atoms with Gasteiger partial charge in [0, 0.05) is 43.6 Å². The van der Waals surface area contributed by atoms with E-state index in [4.69, 9.17) is 0 Å². The second-order valence-electron chi connectivity index (χ2n) is 7.03. The molecule has 3 rings (SSSR count). The van der Waals surface area contributed by atoms with Crippen molar-refractivity contribution in [3.8, 4) is 0 Å². The van der Waals surface area contributed by atoms with E-state index in [-0.39, 0.29) is 12.5 Å². The fourth-order valence-corrected chi connectivity index (χ4v) is 3.60. The maximum atomic E-state index is 12.3. The highest BCUT2D eigenvalue weighted by Gasteiger charge is 2.20. The highest BCUT2D eigenvalue weighted by Crippen LogP contribution is 2.16. The number of carbonyl (C=O) groups excluding carboxylic acids is 1. The summed E-state index contributed by atoms with van der Waals surface area (Å²) in [6.45, 7) is 3.71. The number of nitrogens with zero attached hydrogens (tertiary/aromatic N) is 2. The van der Waals surface area contributed by atoms with Gasteiger partial charge in [-0.1, -0.05) is 18.6 Å². The lowest BCUT2D eigenvalue weighted by atomic mass is 10.0. The molecule has 140 valence electrons. The van der Waals surface area contributed by atoms with E-state index in [1.165, 1.54) is 18.4 Å². The Morgan fingerprint density at radius 1 is 1.15 bits per heavy atom. The first-order chi connectivity index (χ1) is 12.8. The van der Waals surface area contributed by atoms with Gasteiger partial charge in [-0.15, -0.1) is 0 Å². The molecule has 2 aromatic rings. The van der Waals surface area contributed by atoms with E-state index >= 15 is 0 Å². The van der Waals surface area contributed by atoms with Gasteiger partial charge in [-0.25, -0.2) is 0 Å². The zero-order valence-electron chi connectivity index (χ0n) is 15.3. The molecule has 1 aromatic carbocycles. The number of aromatic nitrogens is 1. The van der Waals surface area contributed by atoms with Crippen LogP contribution in [0, 0.1) is 0 Å². The lowest BCUT2D eigenvalue weighted by Gasteiger charge is -2.34. The molecule has 0 unspecified atom stereocenters. The van der Waals surface area contributed by atoms with Crippen LogP contribution in [0.3, 0.4) is 0 Å². The fourth-order valence-electron chi connectivity index (χ4n) is 3.60. The van der Waals surface area contributed by atoms with Gasteiger partial charge in [0.2, 0.25) is 0 Å². The minimum Gasteiger partial charge on any atom is -0.395 e. The molecule has 0 saturated carbocycles. The largest absolute Gasteiger partial charge is 0.395 e. The molecular weight excluding hydrogens is 326 g/mol. The van der Waals surface area contributed by atoms with Gasteiger partial charge in [0.25, 0.3) is 5.91 Å². The van der Waals surface area contributed by atoms with E-state index in [1.54, 1.807) is 0 Å². The number of aliphatic hydroxyl groups excluding tert-OH is 1. The average molecular weight is 355 g/mol. The smallest absolute Gasteiger partial charge is 0.251 e. The highest BCUT2D eigenvalue weighted by molar-refractivity contribution is 5.94. The standard InChI is InChI=1S/C21H29N3O2/c25-17-20-6-1-2-14-24(20)15-5-11-22-21(26)19-9-7-18(8-10-19)16-23-12-3-4-13-23/h3-4,7-10,12-13,20,25H,1-2,5-6,11,14-17H2,(H,22,26)/t20-/m1/s1. The molecular formula is C21H29N3O2. The molecule has 5 nitrogen and oxygen atoms in total. The minimum absolute atomic E-state index is 0.0186. The van der Waals surface area contributed by atoms with Crippen molar-refractivity contribution in [3.63, 3.8) is 0 Å². The topological polar surface area (TPSA) is 57.5 Å². The third kappa shape index (κ3) is 5.19. The van der Waals surface area contributed by atoms with Crippen molar-refractivity contribution in [2.45, 2.75) is 38.3 Å². The van der Waals surface area contributed by atoms with Crippen molar-refractivity contribution in [1.82, 2.24) is 14.8 Å². The quantitative estimate of drug-likeness (QED) is 0.716. The molecule has 1 fully saturated rings. The van der Waals surface area contributed by atoms with Crippen molar-refractivity contribution in [1.29, 1.82) is 0 Å². The Morgan fingerprint density at radius 3 is 2.65 bits per heavy atom. The molecule has 0 radical (unpaired) electrons. The van der Waals surface area contributed by atoms with Crippen LogP contribution in [-0.2, 0) is 6.54 Å². The first-order valence-corrected chi connectivity index (χ1v) is 9.59. The summed E-state index contributed by atoms with van der Waals surface area (Å²) in [6, 6.07) is 12.1. The number of hydrogen-bond donors (Lipinski definition) is 2. The first kappa shape index (κ1) is 18.7. The Labute approximate surface area is 155 Å². The van der Waals surface area contributed by atoms with Gasteiger partial charge in [0.1, 0.15) is 0 Å². The zero-order valence-corrected chi connectivity index (χ0v) is 15.3. The second-order valence-corrected chi connectivity index (χ2v) is 7.03. The summed E-state index contributed by atoms with van der Waals surface area (Å²) in [4.78, 5) is 14.6. The monoisotopic (exact) mass is 355 g/mol. The fraction of sp³-hybridized carbons (Fsp3) is 0.476. The molecule has 2 heterocycles. The van der Waals surface area contributed by atoms with Crippen LogP contribution in [0.2, 0.25) is 0 Å². The summed E-state index contributed by atoms with van der Waals surface area (Å²) in [5, 5.41) is 12.4. The maximum Gasteiger partial charge on any atom is 0.251 e. The number of hydrogen-bond acceptors (Lipinski definition) is 3. The van der Waals surface area contributed by atoms with E-state index in [0.29, 0.717) is 18.2 Å². The predicted octanol–water partition coefficient (Wildman–Crippen LogP) is 2.50. The number of likely N-dealkylation sites (tertiary alicyclic amines) is 1. The van der Waals surface area contributed by atoms with Gasteiger partial charge in [-0.05, 0) is 55.6 Å². The van der Waals surface area contributed by atoms with Crippen LogP contribution < -0.4 is 5.32 Å². The molecule has 5 heteroatoms. The number of aliphatic hydroxyl groups is 1. The lowest BCUT2D eigenvalue weighted by molar-refractivity contribution is 0.0868. The Bertz CT molecular complexity index is 667. The predicted molar refractivity (Wildman–Crippen MR) is 103 cm³/mol. The number of nitrogens with one attached hydrogen (secondary N) is 1. The van der Waals surface area contributed by atoms with E-state index < -0.39 is 0 Å². The van der Waals surface area contributed by atoms with Crippen LogP contribution in [0.25, 0.3) is 0 Å². The van der Waals surface area contributed by atoms with E-state index in [0.717, 1.165) is 32.5 Å². The van der Waals surface area contributed by atoms with E-state index in [9.17, 15) is 9.90 Å². The lowest BCUT2D eigenvalue weighted by Crippen LogP contribution is -2.43. The molecule has 2 N–H and O–H groups in total. The zero-order chi connectivity index (χ0) is 18.2. The molecule has 1 aromatic heterocycles. The molecule has 1 amide bonds. The maximum absolute atomic E-state index is 12.3. The Morgan fingerprint density at radius 2 is 1.92 bits per heavy atom. The van der Waals surface area contributed by atoms with Gasteiger partial charge in [-0.3, -0.25) is 9.69 Å². The summed E-state index contributed by atoms with van der Waals surface area (Å²) in [5.74, 6) is -0.0186. The summed E-state index contributed by atoms with van der Waals surface area (Å²) in [6.07, 6.45) is 8.47. The van der Waals surface area contributed by atoms with Crippen LogP contribution >= 0.6 is 0 Å². The third-order valence-corrected chi connectivity index (χ3v) is 5.11. The number of benzene rings is 1. The Hall–Kier alpha value is -2.11. The summed E-state index contributed by atoms with van der Waals surface area (Å²) >= 11 is 0. The Kier molecular flexibility index (Phi) is 6.86. The normalized spacial score (nSPS) is 18.0. The van der Waals surface area contributed by atoms with Gasteiger partial charge < -0.3 is 15.0 Å². The second kappa shape index (κ2) is 9.55. The summed E-state index contributed by atoms with van der Waals surface area (Å²) in [7, 11) is 0. The number of piperidine rings is 1. The number of carbonyl (C=O) groups is 1. The number of amides is 1. The van der Waals surface area contributed by atoms with Gasteiger partial charge in [0.15, 0.2) is 0 Å². The van der Waals surface area contributed by atoms with E-state index in [1.807, 2.05) is 48.8 Å². The molecule has 1 aliphatic rings. The molecule has 26 heavy (non-hydrogen) atoms. The van der Waals surface area contributed by atoms with Gasteiger partial charge in [0.05, 0.1) is 6.61 Å². The molecule has 1 aliphatic heterocycles. The SMILES string of the molecule is O=C(NCCCN1CCCC[C@@H]1CO)c1ccc(Cn2cccc2)cc1. The van der Waals surface area contributed by atoms with Gasteiger partial charge >= 0.3 is 0 Å². The molecule has 0 bridgehead atoms. The van der Waals surface area contributed by atoms with Crippen LogP contribution in [-0.4, -0.2) is 52.8 Å². The van der Waals surface area contributed by atoms with Crippen molar-refractivity contribution < 1.29 is 9.90 Å². The van der Waals surface area contributed by atoms with Crippen molar-refractivity contribution in [3.05, 3.63) is 59.9 Å². The third-order valence-electron chi connectivity index (χ3n) is 5.11. The molecule has 0 aliphatic carbocycles. The van der Waals surface area contributed by atoms with Gasteiger partial charge in [-0.2, -0.15) is 0 Å². The summed E-state index contributed by atoms with van der Waals surface area (Å²) < 4.78 is 2.11. The van der Waals surface area contributed by atoms with Crippen LogP contribution in [0.15, 0.2) is 48.8 Å². The van der Waals surface area contributed by atoms with Crippen LogP contribution in [0.4, 0.5) is 0 Å². The van der Waals surface area contributed by atoms with Crippen LogP contribution in [0.1, 0.15) is 41.6 Å². The minimum atomic E-state index is -0.0186.